The minimum absolute atomic E-state index is 0.301. The molecule has 0 amide bonds. The molecule has 2 unspecified atom stereocenters. The third-order valence-electron chi connectivity index (χ3n) is 3.80. The highest BCUT2D eigenvalue weighted by Gasteiger charge is 2.25. The van der Waals surface area contributed by atoms with E-state index in [0.717, 1.165) is 36.5 Å². The van der Waals surface area contributed by atoms with Crippen molar-refractivity contribution in [3.05, 3.63) is 23.3 Å². The van der Waals surface area contributed by atoms with E-state index in [1.807, 2.05) is 6.92 Å². The van der Waals surface area contributed by atoms with Crippen molar-refractivity contribution in [2.45, 2.75) is 51.5 Å². The Morgan fingerprint density at radius 1 is 1.28 bits per heavy atom. The lowest BCUT2D eigenvalue weighted by molar-refractivity contribution is 0.380. The van der Waals surface area contributed by atoms with E-state index >= 15 is 0 Å². The van der Waals surface area contributed by atoms with Gasteiger partial charge in [-0.15, -0.1) is 10.2 Å². The first-order chi connectivity index (χ1) is 8.65. The summed E-state index contributed by atoms with van der Waals surface area (Å²) in [7, 11) is 0. The minimum Gasteiger partial charge on any atom is -0.328 e. The zero-order valence-corrected chi connectivity index (χ0v) is 10.9. The number of rotatable bonds is 1. The summed E-state index contributed by atoms with van der Waals surface area (Å²) in [5, 5.41) is 8.55. The molecule has 1 aliphatic rings. The van der Waals surface area contributed by atoms with Crippen LogP contribution in [-0.2, 0) is 0 Å². The SMILES string of the molecule is Cc1cc(C)n2c(C3CCCC(N)C3)nnc2n1. The lowest BCUT2D eigenvalue weighted by Gasteiger charge is -2.25. The van der Waals surface area contributed by atoms with Gasteiger partial charge >= 0.3 is 0 Å². The molecule has 2 N–H and O–H groups in total. The largest absolute Gasteiger partial charge is 0.328 e. The van der Waals surface area contributed by atoms with Gasteiger partial charge in [-0.3, -0.25) is 4.40 Å². The Bertz CT molecular complexity index is 574. The van der Waals surface area contributed by atoms with Crippen LogP contribution in [0.4, 0.5) is 0 Å². The number of nitrogens with zero attached hydrogens (tertiary/aromatic N) is 4. The first kappa shape index (κ1) is 11.6. The molecule has 2 heterocycles. The monoisotopic (exact) mass is 245 g/mol. The summed E-state index contributed by atoms with van der Waals surface area (Å²) < 4.78 is 2.08. The summed E-state index contributed by atoms with van der Waals surface area (Å²) >= 11 is 0. The van der Waals surface area contributed by atoms with Crippen LogP contribution < -0.4 is 5.73 Å². The van der Waals surface area contributed by atoms with Crippen molar-refractivity contribution in [2.75, 3.05) is 0 Å². The van der Waals surface area contributed by atoms with E-state index in [9.17, 15) is 0 Å². The van der Waals surface area contributed by atoms with Crippen molar-refractivity contribution in [1.29, 1.82) is 0 Å². The normalized spacial score (nSPS) is 24.6. The number of fused-ring (bicyclic) bond motifs is 1. The fourth-order valence-electron chi connectivity index (χ4n) is 2.98. The Kier molecular flexibility index (Phi) is 2.78. The number of aromatic nitrogens is 4. The molecule has 5 heteroatoms. The van der Waals surface area contributed by atoms with Crippen LogP contribution in [0.1, 0.15) is 48.8 Å². The van der Waals surface area contributed by atoms with E-state index in [4.69, 9.17) is 5.73 Å². The van der Waals surface area contributed by atoms with E-state index in [1.54, 1.807) is 0 Å². The fourth-order valence-corrected chi connectivity index (χ4v) is 2.98. The average molecular weight is 245 g/mol. The van der Waals surface area contributed by atoms with Crippen LogP contribution in [0.3, 0.4) is 0 Å². The molecular weight excluding hydrogens is 226 g/mol. The molecule has 0 aliphatic heterocycles. The standard InChI is InChI=1S/C13H19N5/c1-8-6-9(2)18-12(16-17-13(18)15-8)10-4-3-5-11(14)7-10/h6,10-11H,3-5,7,14H2,1-2H3. The summed E-state index contributed by atoms with van der Waals surface area (Å²) in [6, 6.07) is 2.37. The van der Waals surface area contributed by atoms with Crippen LogP contribution in [0.5, 0.6) is 0 Å². The van der Waals surface area contributed by atoms with Gasteiger partial charge in [-0.25, -0.2) is 4.98 Å². The first-order valence-corrected chi connectivity index (χ1v) is 6.60. The van der Waals surface area contributed by atoms with Crippen molar-refractivity contribution in [1.82, 2.24) is 19.6 Å². The van der Waals surface area contributed by atoms with Gasteiger partial charge in [0.15, 0.2) is 0 Å². The molecule has 1 fully saturated rings. The lowest BCUT2D eigenvalue weighted by Crippen LogP contribution is -2.27. The second kappa shape index (κ2) is 4.31. The molecule has 1 aliphatic carbocycles. The van der Waals surface area contributed by atoms with Crippen LogP contribution in [0.25, 0.3) is 5.78 Å². The third kappa shape index (κ3) is 1.88. The van der Waals surface area contributed by atoms with Crippen LogP contribution in [0, 0.1) is 13.8 Å². The fraction of sp³-hybridized carbons (Fsp3) is 0.615. The van der Waals surface area contributed by atoms with E-state index in [0.29, 0.717) is 17.7 Å². The van der Waals surface area contributed by atoms with Gasteiger partial charge < -0.3 is 5.73 Å². The number of hydrogen-bond donors (Lipinski definition) is 1. The zero-order valence-electron chi connectivity index (χ0n) is 10.9. The maximum absolute atomic E-state index is 6.06. The highest BCUT2D eigenvalue weighted by Crippen LogP contribution is 2.31. The van der Waals surface area contributed by atoms with Gasteiger partial charge in [0.2, 0.25) is 0 Å². The van der Waals surface area contributed by atoms with E-state index < -0.39 is 0 Å². The highest BCUT2D eigenvalue weighted by atomic mass is 15.3. The van der Waals surface area contributed by atoms with Gasteiger partial charge in [-0.2, -0.15) is 0 Å². The molecule has 5 nitrogen and oxygen atoms in total. The predicted octanol–water partition coefficient (Wildman–Crippen LogP) is 1.73. The van der Waals surface area contributed by atoms with Gasteiger partial charge in [0.25, 0.3) is 5.78 Å². The van der Waals surface area contributed by atoms with Crippen molar-refractivity contribution in [3.8, 4) is 0 Å². The van der Waals surface area contributed by atoms with Gasteiger partial charge in [0, 0.05) is 23.3 Å². The summed E-state index contributed by atoms with van der Waals surface area (Å²) in [6.45, 7) is 4.06. The molecule has 2 atom stereocenters. The Morgan fingerprint density at radius 2 is 2.11 bits per heavy atom. The Morgan fingerprint density at radius 3 is 2.89 bits per heavy atom. The van der Waals surface area contributed by atoms with Crippen LogP contribution >= 0.6 is 0 Å². The molecule has 3 rings (SSSR count). The maximum Gasteiger partial charge on any atom is 0.255 e. The van der Waals surface area contributed by atoms with E-state index in [-0.39, 0.29) is 0 Å². The summed E-state index contributed by atoms with van der Waals surface area (Å²) in [5.41, 5.74) is 8.20. The van der Waals surface area contributed by atoms with Crippen molar-refractivity contribution in [3.63, 3.8) is 0 Å². The summed E-state index contributed by atoms with van der Waals surface area (Å²) in [6.07, 6.45) is 4.47. The number of hydrogen-bond acceptors (Lipinski definition) is 4. The summed E-state index contributed by atoms with van der Waals surface area (Å²) in [4.78, 5) is 4.43. The molecular formula is C13H19N5. The minimum atomic E-state index is 0.301. The molecule has 0 saturated heterocycles. The smallest absolute Gasteiger partial charge is 0.255 e. The molecule has 18 heavy (non-hydrogen) atoms. The average Bonchev–Trinajstić information content (AvgIpc) is 2.72. The van der Waals surface area contributed by atoms with Gasteiger partial charge in [0.05, 0.1) is 0 Å². The maximum atomic E-state index is 6.06. The van der Waals surface area contributed by atoms with E-state index in [2.05, 4.69) is 32.6 Å². The molecule has 96 valence electrons. The van der Waals surface area contributed by atoms with Crippen molar-refractivity contribution in [2.24, 2.45) is 5.73 Å². The molecule has 1 saturated carbocycles. The third-order valence-corrected chi connectivity index (χ3v) is 3.80. The van der Waals surface area contributed by atoms with E-state index in [1.165, 1.54) is 6.42 Å². The number of aryl methyl sites for hydroxylation is 2. The highest BCUT2D eigenvalue weighted by molar-refractivity contribution is 5.33. The topological polar surface area (TPSA) is 69.1 Å². The molecule has 0 radical (unpaired) electrons. The second-order valence-electron chi connectivity index (χ2n) is 5.36. The second-order valence-corrected chi connectivity index (χ2v) is 5.36. The molecule has 0 bridgehead atoms. The molecule has 0 spiro atoms. The van der Waals surface area contributed by atoms with Gasteiger partial charge in [-0.05, 0) is 39.2 Å². The zero-order chi connectivity index (χ0) is 12.7. The van der Waals surface area contributed by atoms with Crippen LogP contribution in [0.2, 0.25) is 0 Å². The van der Waals surface area contributed by atoms with Crippen LogP contribution in [0.15, 0.2) is 6.07 Å². The van der Waals surface area contributed by atoms with Crippen molar-refractivity contribution < 1.29 is 0 Å². The van der Waals surface area contributed by atoms with Gasteiger partial charge in [-0.1, -0.05) is 6.42 Å². The van der Waals surface area contributed by atoms with Crippen molar-refractivity contribution >= 4 is 5.78 Å². The van der Waals surface area contributed by atoms with Crippen LogP contribution in [-0.4, -0.2) is 25.6 Å². The molecule has 0 aromatic carbocycles. The lowest BCUT2D eigenvalue weighted by atomic mass is 9.85. The quantitative estimate of drug-likeness (QED) is 0.830. The Labute approximate surface area is 106 Å². The Hall–Kier alpha value is -1.49. The molecule has 2 aromatic rings. The summed E-state index contributed by atoms with van der Waals surface area (Å²) in [5.74, 6) is 2.17. The number of nitrogens with two attached hydrogens (primary N) is 1. The first-order valence-electron chi connectivity index (χ1n) is 6.60. The van der Waals surface area contributed by atoms with Gasteiger partial charge in [0.1, 0.15) is 5.82 Å². The predicted molar refractivity (Wildman–Crippen MR) is 69.4 cm³/mol. The molecule has 2 aromatic heterocycles. The Balaban J connectivity index is 2.07.